The van der Waals surface area contributed by atoms with Gasteiger partial charge in [0.15, 0.2) is 0 Å². The van der Waals surface area contributed by atoms with Gasteiger partial charge in [-0.25, -0.2) is 8.42 Å². The van der Waals surface area contributed by atoms with Crippen molar-refractivity contribution in [1.29, 1.82) is 0 Å². The fourth-order valence-corrected chi connectivity index (χ4v) is 4.85. The molecule has 2 rings (SSSR count). The predicted molar refractivity (Wildman–Crippen MR) is 84.7 cm³/mol. The van der Waals surface area contributed by atoms with Crippen LogP contribution in [0.2, 0.25) is 0 Å². The Morgan fingerprint density at radius 2 is 1.90 bits per heavy atom. The Morgan fingerprint density at radius 3 is 2.48 bits per heavy atom. The lowest BCUT2D eigenvalue weighted by Crippen LogP contribution is -2.52. The van der Waals surface area contributed by atoms with Gasteiger partial charge in [0.05, 0.1) is 4.90 Å². The quantitative estimate of drug-likeness (QED) is 0.907. The van der Waals surface area contributed by atoms with Crippen LogP contribution in [0, 0.1) is 13.8 Å². The summed E-state index contributed by atoms with van der Waals surface area (Å²) in [6.45, 7) is 8.18. The van der Waals surface area contributed by atoms with E-state index in [0.717, 1.165) is 29.8 Å². The first kappa shape index (κ1) is 16.4. The SMILES string of the molecule is Cc1cc(C)c(S(=O)(=O)N2CCN(C)CC2C)cc1CN. The van der Waals surface area contributed by atoms with Gasteiger partial charge in [0.1, 0.15) is 0 Å². The zero-order valence-electron chi connectivity index (χ0n) is 13.3. The molecule has 1 fully saturated rings. The van der Waals surface area contributed by atoms with Gasteiger partial charge in [-0.3, -0.25) is 0 Å². The molecule has 118 valence electrons. The monoisotopic (exact) mass is 311 g/mol. The number of piperazine rings is 1. The molecule has 1 aromatic carbocycles. The van der Waals surface area contributed by atoms with Crippen LogP contribution in [-0.4, -0.2) is 50.3 Å². The molecular weight excluding hydrogens is 286 g/mol. The fraction of sp³-hybridized carbons (Fsp3) is 0.600. The maximum absolute atomic E-state index is 13.0. The third kappa shape index (κ3) is 3.13. The van der Waals surface area contributed by atoms with Gasteiger partial charge in [0.2, 0.25) is 10.0 Å². The number of nitrogens with zero attached hydrogens (tertiary/aromatic N) is 2. The van der Waals surface area contributed by atoms with Crippen molar-refractivity contribution in [2.24, 2.45) is 5.73 Å². The van der Waals surface area contributed by atoms with Crippen molar-refractivity contribution in [2.75, 3.05) is 26.7 Å². The molecule has 1 unspecified atom stereocenters. The summed E-state index contributed by atoms with van der Waals surface area (Å²) in [7, 11) is -1.45. The second kappa shape index (κ2) is 6.04. The molecular formula is C15H25N3O2S. The van der Waals surface area contributed by atoms with Crippen LogP contribution in [-0.2, 0) is 16.6 Å². The van der Waals surface area contributed by atoms with Crippen LogP contribution in [0.3, 0.4) is 0 Å². The van der Waals surface area contributed by atoms with E-state index in [1.807, 2.05) is 33.9 Å². The summed E-state index contributed by atoms with van der Waals surface area (Å²) in [5, 5.41) is 0. The van der Waals surface area contributed by atoms with E-state index in [1.54, 1.807) is 10.4 Å². The molecule has 0 aliphatic carbocycles. The number of sulfonamides is 1. The van der Waals surface area contributed by atoms with E-state index in [1.165, 1.54) is 0 Å². The van der Waals surface area contributed by atoms with E-state index in [9.17, 15) is 8.42 Å². The molecule has 6 heteroatoms. The number of benzene rings is 1. The highest BCUT2D eigenvalue weighted by Gasteiger charge is 2.33. The van der Waals surface area contributed by atoms with Crippen molar-refractivity contribution in [2.45, 2.75) is 38.3 Å². The van der Waals surface area contributed by atoms with E-state index >= 15 is 0 Å². The molecule has 5 nitrogen and oxygen atoms in total. The standard InChI is InChI=1S/C15H25N3O2S/c1-11-7-12(2)15(8-14(11)9-16)21(19,20)18-6-5-17(4)10-13(18)3/h7-8,13H,5-6,9-10,16H2,1-4H3. The summed E-state index contributed by atoms with van der Waals surface area (Å²) in [5.74, 6) is 0. The summed E-state index contributed by atoms with van der Waals surface area (Å²) in [6.07, 6.45) is 0. The molecule has 1 saturated heterocycles. The molecule has 0 bridgehead atoms. The molecule has 0 radical (unpaired) electrons. The van der Waals surface area contributed by atoms with Crippen LogP contribution < -0.4 is 5.73 Å². The first-order chi connectivity index (χ1) is 9.77. The number of hydrogen-bond donors (Lipinski definition) is 1. The van der Waals surface area contributed by atoms with Crippen LogP contribution in [0.5, 0.6) is 0 Å². The Kier molecular flexibility index (Phi) is 4.72. The smallest absolute Gasteiger partial charge is 0.243 e. The van der Waals surface area contributed by atoms with E-state index in [2.05, 4.69) is 4.90 Å². The predicted octanol–water partition coefficient (Wildman–Crippen LogP) is 1.09. The van der Waals surface area contributed by atoms with Crippen LogP contribution in [0.4, 0.5) is 0 Å². The highest BCUT2D eigenvalue weighted by atomic mass is 32.2. The lowest BCUT2D eigenvalue weighted by molar-refractivity contribution is 0.170. The Hall–Kier alpha value is -0.950. The van der Waals surface area contributed by atoms with Crippen LogP contribution >= 0.6 is 0 Å². The lowest BCUT2D eigenvalue weighted by Gasteiger charge is -2.37. The number of likely N-dealkylation sites (N-methyl/N-ethyl adjacent to an activating group) is 1. The van der Waals surface area contributed by atoms with E-state index in [4.69, 9.17) is 5.73 Å². The molecule has 1 aliphatic rings. The van der Waals surface area contributed by atoms with Crippen molar-refractivity contribution in [1.82, 2.24) is 9.21 Å². The van der Waals surface area contributed by atoms with Gasteiger partial charge in [-0.1, -0.05) is 6.07 Å². The van der Waals surface area contributed by atoms with Crippen LogP contribution in [0.25, 0.3) is 0 Å². The van der Waals surface area contributed by atoms with Crippen molar-refractivity contribution >= 4 is 10.0 Å². The van der Waals surface area contributed by atoms with Crippen molar-refractivity contribution in [3.8, 4) is 0 Å². The van der Waals surface area contributed by atoms with E-state index in [-0.39, 0.29) is 6.04 Å². The molecule has 0 amide bonds. The minimum atomic E-state index is -3.46. The van der Waals surface area contributed by atoms with Crippen molar-refractivity contribution in [3.05, 3.63) is 28.8 Å². The van der Waals surface area contributed by atoms with Gasteiger partial charge in [-0.15, -0.1) is 0 Å². The summed E-state index contributed by atoms with van der Waals surface area (Å²) in [4.78, 5) is 2.55. The Morgan fingerprint density at radius 1 is 1.24 bits per heavy atom. The van der Waals surface area contributed by atoms with Crippen LogP contribution in [0.1, 0.15) is 23.6 Å². The van der Waals surface area contributed by atoms with E-state index in [0.29, 0.717) is 18.0 Å². The van der Waals surface area contributed by atoms with Gasteiger partial charge in [0, 0.05) is 32.2 Å². The second-order valence-electron chi connectivity index (χ2n) is 5.98. The average Bonchev–Trinajstić information content (AvgIpc) is 2.37. The first-order valence-corrected chi connectivity index (χ1v) is 8.72. The Balaban J connectivity index is 2.44. The summed E-state index contributed by atoms with van der Waals surface area (Å²) in [5.41, 5.74) is 8.44. The van der Waals surface area contributed by atoms with Crippen molar-refractivity contribution in [3.63, 3.8) is 0 Å². The molecule has 1 heterocycles. The zero-order valence-corrected chi connectivity index (χ0v) is 14.1. The van der Waals surface area contributed by atoms with Gasteiger partial charge in [-0.2, -0.15) is 4.31 Å². The number of nitrogens with two attached hydrogens (primary N) is 1. The molecule has 2 N–H and O–H groups in total. The van der Waals surface area contributed by atoms with Gasteiger partial charge in [0.25, 0.3) is 0 Å². The third-order valence-corrected chi connectivity index (χ3v) is 6.37. The minimum absolute atomic E-state index is 0.0178. The highest BCUT2D eigenvalue weighted by Crippen LogP contribution is 2.26. The molecule has 1 aliphatic heterocycles. The topological polar surface area (TPSA) is 66.6 Å². The number of hydrogen-bond acceptors (Lipinski definition) is 4. The third-order valence-electron chi connectivity index (χ3n) is 4.21. The van der Waals surface area contributed by atoms with Gasteiger partial charge >= 0.3 is 0 Å². The van der Waals surface area contributed by atoms with E-state index < -0.39 is 10.0 Å². The normalized spacial score (nSPS) is 21.7. The summed E-state index contributed by atoms with van der Waals surface area (Å²) < 4.78 is 27.6. The maximum atomic E-state index is 13.0. The minimum Gasteiger partial charge on any atom is -0.326 e. The second-order valence-corrected chi connectivity index (χ2v) is 7.83. The van der Waals surface area contributed by atoms with Gasteiger partial charge in [-0.05, 0) is 50.6 Å². The Labute approximate surface area is 127 Å². The fourth-order valence-electron chi connectivity index (χ4n) is 2.98. The number of rotatable bonds is 3. The maximum Gasteiger partial charge on any atom is 0.243 e. The largest absolute Gasteiger partial charge is 0.326 e. The summed E-state index contributed by atoms with van der Waals surface area (Å²) in [6, 6.07) is 3.64. The lowest BCUT2D eigenvalue weighted by atomic mass is 10.1. The average molecular weight is 311 g/mol. The molecule has 1 atom stereocenters. The van der Waals surface area contributed by atoms with Gasteiger partial charge < -0.3 is 10.6 Å². The molecule has 0 aromatic heterocycles. The zero-order chi connectivity index (χ0) is 15.8. The molecule has 0 spiro atoms. The molecule has 21 heavy (non-hydrogen) atoms. The molecule has 1 aromatic rings. The first-order valence-electron chi connectivity index (χ1n) is 7.28. The number of aryl methyl sites for hydroxylation is 2. The highest BCUT2D eigenvalue weighted by molar-refractivity contribution is 7.89. The van der Waals surface area contributed by atoms with Crippen molar-refractivity contribution < 1.29 is 8.42 Å². The summed E-state index contributed by atoms with van der Waals surface area (Å²) >= 11 is 0. The Bertz CT molecular complexity index is 628. The van der Waals surface area contributed by atoms with Crippen LogP contribution in [0.15, 0.2) is 17.0 Å². The molecule has 0 saturated carbocycles.